The van der Waals surface area contributed by atoms with Crippen LogP contribution in [-0.4, -0.2) is 33.5 Å². The van der Waals surface area contributed by atoms with Crippen LogP contribution in [-0.2, 0) is 4.79 Å². The van der Waals surface area contributed by atoms with Crippen LogP contribution in [0.5, 0.6) is 0 Å². The van der Waals surface area contributed by atoms with Crippen LogP contribution in [0.15, 0.2) is 6.20 Å². The van der Waals surface area contributed by atoms with E-state index in [9.17, 15) is 18.0 Å². The number of anilines is 1. The number of alkyl halides is 3. The summed E-state index contributed by atoms with van der Waals surface area (Å²) in [5, 5.41) is 16.9. The van der Waals surface area contributed by atoms with E-state index >= 15 is 0 Å². The second-order valence-corrected chi connectivity index (χ2v) is 3.15. The molecule has 1 aliphatic heterocycles. The molecule has 15 heavy (non-hydrogen) atoms. The molecule has 0 saturated heterocycles. The van der Waals surface area contributed by atoms with Crippen LogP contribution in [0.25, 0.3) is 0 Å². The fourth-order valence-corrected chi connectivity index (χ4v) is 1.51. The molecule has 82 valence electrons. The van der Waals surface area contributed by atoms with Gasteiger partial charge in [-0.2, -0.15) is 18.3 Å². The van der Waals surface area contributed by atoms with E-state index in [-0.39, 0.29) is 11.4 Å². The van der Waals surface area contributed by atoms with Crippen LogP contribution in [0.1, 0.15) is 11.5 Å². The molecule has 2 heterocycles. The molecule has 0 fully saturated rings. The summed E-state index contributed by atoms with van der Waals surface area (Å²) in [6.45, 7) is 0. The minimum Gasteiger partial charge on any atom is -0.382 e. The number of carbonyl (C=O) groups is 1. The molecule has 5 nitrogen and oxygen atoms in total. The first kappa shape index (κ1) is 9.97. The molecule has 0 spiro atoms. The van der Waals surface area contributed by atoms with Gasteiger partial charge < -0.3 is 10.4 Å². The Morgan fingerprint density at radius 2 is 2.13 bits per heavy atom. The molecule has 0 aliphatic carbocycles. The largest absolute Gasteiger partial charge is 0.398 e. The van der Waals surface area contributed by atoms with E-state index in [0.29, 0.717) is 0 Å². The molecule has 1 aliphatic rings. The number of aliphatic hydroxyl groups is 1. The number of H-pyrrole nitrogens is 1. The lowest BCUT2D eigenvalue weighted by atomic mass is 9.91. The number of aromatic nitrogens is 2. The molecule has 1 aromatic rings. The highest BCUT2D eigenvalue weighted by Crippen LogP contribution is 2.42. The van der Waals surface area contributed by atoms with Crippen LogP contribution in [0.4, 0.5) is 19.0 Å². The summed E-state index contributed by atoms with van der Waals surface area (Å²) in [5.74, 6) is -3.43. The van der Waals surface area contributed by atoms with Gasteiger partial charge in [-0.25, -0.2) is 0 Å². The van der Waals surface area contributed by atoms with Gasteiger partial charge in [0.15, 0.2) is 0 Å². The van der Waals surface area contributed by atoms with Crippen molar-refractivity contribution >= 4 is 11.7 Å². The Balaban J connectivity index is 2.50. The van der Waals surface area contributed by atoms with E-state index in [1.807, 2.05) is 0 Å². The average Bonchev–Trinajstić information content (AvgIpc) is 2.50. The summed E-state index contributed by atoms with van der Waals surface area (Å²) in [6.07, 6.45) is -5.87. The van der Waals surface area contributed by atoms with Gasteiger partial charge in [-0.15, -0.1) is 0 Å². The number of aliphatic hydroxyl groups excluding tert-OH is 1. The van der Waals surface area contributed by atoms with Crippen LogP contribution in [0.3, 0.4) is 0 Å². The lowest BCUT2D eigenvalue weighted by Gasteiger charge is -2.28. The Bertz CT molecular complexity index is 400. The van der Waals surface area contributed by atoms with Crippen LogP contribution in [0, 0.1) is 0 Å². The number of hydrogen-bond acceptors (Lipinski definition) is 3. The molecule has 0 bridgehead atoms. The molecule has 1 aromatic heterocycles. The SMILES string of the molecule is O=C1Nc2[nH]ncc2C(C(F)(F)F)C1O. The molecule has 0 saturated carbocycles. The van der Waals surface area contributed by atoms with E-state index in [1.54, 1.807) is 0 Å². The van der Waals surface area contributed by atoms with Crippen molar-refractivity contribution in [2.75, 3.05) is 5.32 Å². The van der Waals surface area contributed by atoms with E-state index in [2.05, 4.69) is 15.5 Å². The Morgan fingerprint density at radius 1 is 1.47 bits per heavy atom. The van der Waals surface area contributed by atoms with Gasteiger partial charge in [0, 0.05) is 5.56 Å². The summed E-state index contributed by atoms with van der Waals surface area (Å²) in [5.41, 5.74) is -0.255. The fourth-order valence-electron chi connectivity index (χ4n) is 1.51. The number of hydrogen-bond donors (Lipinski definition) is 3. The van der Waals surface area contributed by atoms with Gasteiger partial charge in [0.2, 0.25) is 0 Å². The molecule has 0 aromatic carbocycles. The molecule has 2 rings (SSSR count). The number of rotatable bonds is 0. The molecule has 2 unspecified atom stereocenters. The quantitative estimate of drug-likeness (QED) is 0.592. The van der Waals surface area contributed by atoms with Crippen molar-refractivity contribution in [1.82, 2.24) is 10.2 Å². The standard InChI is InChI=1S/C7H6F3N3O2/c8-7(9,10)3-2-1-11-13-5(2)12-6(15)4(3)14/h1,3-4,14H,(H2,11,12,13,15). The molecule has 0 radical (unpaired) electrons. The Morgan fingerprint density at radius 3 is 2.73 bits per heavy atom. The Hall–Kier alpha value is -1.57. The second-order valence-electron chi connectivity index (χ2n) is 3.15. The predicted molar refractivity (Wildman–Crippen MR) is 42.0 cm³/mol. The first-order valence-corrected chi connectivity index (χ1v) is 4.00. The summed E-state index contributed by atoms with van der Waals surface area (Å²) in [7, 11) is 0. The van der Waals surface area contributed by atoms with Crippen LogP contribution < -0.4 is 5.32 Å². The van der Waals surface area contributed by atoms with Crippen molar-refractivity contribution < 1.29 is 23.1 Å². The summed E-state index contributed by atoms with van der Waals surface area (Å²) >= 11 is 0. The molecular weight excluding hydrogens is 215 g/mol. The number of nitrogens with zero attached hydrogens (tertiary/aromatic N) is 1. The number of carbonyl (C=O) groups excluding carboxylic acids is 1. The van der Waals surface area contributed by atoms with Crippen molar-refractivity contribution in [2.45, 2.75) is 18.2 Å². The van der Waals surface area contributed by atoms with E-state index in [1.165, 1.54) is 0 Å². The predicted octanol–water partition coefficient (Wildman–Crippen LogP) is 0.369. The lowest BCUT2D eigenvalue weighted by Crippen LogP contribution is -2.44. The van der Waals surface area contributed by atoms with Gasteiger partial charge in [-0.3, -0.25) is 9.89 Å². The number of halogens is 3. The van der Waals surface area contributed by atoms with Gasteiger partial charge in [0.1, 0.15) is 17.8 Å². The van der Waals surface area contributed by atoms with Crippen molar-refractivity contribution in [3.8, 4) is 0 Å². The highest BCUT2D eigenvalue weighted by Gasteiger charge is 2.51. The van der Waals surface area contributed by atoms with Crippen LogP contribution >= 0.6 is 0 Å². The third kappa shape index (κ3) is 1.46. The van der Waals surface area contributed by atoms with Gasteiger partial charge in [0.05, 0.1) is 6.20 Å². The van der Waals surface area contributed by atoms with Crippen LogP contribution in [0.2, 0.25) is 0 Å². The third-order valence-electron chi connectivity index (χ3n) is 2.19. The Kier molecular flexibility index (Phi) is 1.97. The van der Waals surface area contributed by atoms with E-state index in [0.717, 1.165) is 6.20 Å². The summed E-state index contributed by atoms with van der Waals surface area (Å²) in [6, 6.07) is 0. The second kappa shape index (κ2) is 2.96. The average molecular weight is 221 g/mol. The van der Waals surface area contributed by atoms with E-state index in [4.69, 9.17) is 5.11 Å². The maximum atomic E-state index is 12.5. The highest BCUT2D eigenvalue weighted by atomic mass is 19.4. The fraction of sp³-hybridized carbons (Fsp3) is 0.429. The van der Waals surface area contributed by atoms with Crippen molar-refractivity contribution in [3.05, 3.63) is 11.8 Å². The smallest absolute Gasteiger partial charge is 0.382 e. The van der Waals surface area contributed by atoms with Gasteiger partial charge in [0.25, 0.3) is 5.91 Å². The molecule has 1 amide bonds. The lowest BCUT2D eigenvalue weighted by molar-refractivity contribution is -0.177. The summed E-state index contributed by atoms with van der Waals surface area (Å²) < 4.78 is 37.6. The maximum Gasteiger partial charge on any atom is 0.398 e. The number of fused-ring (bicyclic) bond motifs is 1. The number of aromatic amines is 1. The van der Waals surface area contributed by atoms with Crippen molar-refractivity contribution in [2.24, 2.45) is 0 Å². The topological polar surface area (TPSA) is 78.0 Å². The molecule has 3 N–H and O–H groups in total. The van der Waals surface area contributed by atoms with Gasteiger partial charge in [-0.05, 0) is 0 Å². The van der Waals surface area contributed by atoms with Gasteiger partial charge >= 0.3 is 6.18 Å². The molecular formula is C7H6F3N3O2. The maximum absolute atomic E-state index is 12.5. The zero-order valence-electron chi connectivity index (χ0n) is 7.17. The van der Waals surface area contributed by atoms with Crippen molar-refractivity contribution in [1.29, 1.82) is 0 Å². The number of amides is 1. The minimum absolute atomic E-state index is 0.118. The van der Waals surface area contributed by atoms with Crippen molar-refractivity contribution in [3.63, 3.8) is 0 Å². The first-order chi connectivity index (χ1) is 6.91. The van der Waals surface area contributed by atoms with Gasteiger partial charge in [-0.1, -0.05) is 0 Å². The summed E-state index contributed by atoms with van der Waals surface area (Å²) in [4.78, 5) is 11.0. The zero-order valence-corrected chi connectivity index (χ0v) is 7.17. The van der Waals surface area contributed by atoms with E-state index < -0.39 is 24.1 Å². The minimum atomic E-state index is -4.68. The zero-order chi connectivity index (χ0) is 11.2. The highest BCUT2D eigenvalue weighted by molar-refractivity contribution is 5.97. The number of nitrogens with one attached hydrogen (secondary N) is 2. The molecule has 8 heteroatoms. The normalized spacial score (nSPS) is 26.0. The molecule has 2 atom stereocenters. The first-order valence-electron chi connectivity index (χ1n) is 4.00. The third-order valence-corrected chi connectivity index (χ3v) is 2.19. The monoisotopic (exact) mass is 221 g/mol. The Labute approximate surface area is 81.3 Å².